The third-order valence-corrected chi connectivity index (χ3v) is 2.11. The van der Waals surface area contributed by atoms with Gasteiger partial charge in [0, 0.05) is 6.20 Å². The lowest BCUT2D eigenvalue weighted by molar-refractivity contribution is 0.397. The monoisotopic (exact) mass is 233 g/mol. The lowest BCUT2D eigenvalue weighted by Crippen LogP contribution is -1.88. The molecule has 0 aliphatic rings. The number of aromatic nitrogens is 2. The van der Waals surface area contributed by atoms with E-state index in [1.54, 1.807) is 22.8 Å². The van der Waals surface area contributed by atoms with E-state index >= 15 is 0 Å². The highest BCUT2D eigenvalue weighted by Gasteiger charge is 2.11. The Hall–Kier alpha value is -1.13. The van der Waals surface area contributed by atoms with Crippen molar-refractivity contribution in [3.63, 3.8) is 0 Å². The Morgan fingerprint density at radius 1 is 1.57 bits per heavy atom. The van der Waals surface area contributed by atoms with Gasteiger partial charge in [0.15, 0.2) is 0 Å². The first-order valence-corrected chi connectivity index (χ1v) is 4.08. The molecule has 14 heavy (non-hydrogen) atoms. The predicted octanol–water partition coefficient (Wildman–Crippen LogP) is 2.00. The van der Waals surface area contributed by atoms with Crippen molar-refractivity contribution in [2.75, 3.05) is 12.8 Å². The summed E-state index contributed by atoms with van der Waals surface area (Å²) in [5.74, 6) is 0.396. The summed E-state index contributed by atoms with van der Waals surface area (Å²) >= 11 is 5.94. The zero-order chi connectivity index (χ0) is 9.42. The predicted molar refractivity (Wildman–Crippen MR) is 58.4 cm³/mol. The highest BCUT2D eigenvalue weighted by atomic mass is 35.5. The van der Waals surface area contributed by atoms with Crippen LogP contribution in [-0.2, 0) is 0 Å². The van der Waals surface area contributed by atoms with Gasteiger partial charge in [0.1, 0.15) is 11.2 Å². The minimum atomic E-state index is 0. The summed E-state index contributed by atoms with van der Waals surface area (Å²) in [7, 11) is 1.52. The van der Waals surface area contributed by atoms with Crippen LogP contribution in [0.3, 0.4) is 0 Å². The fraction of sp³-hybridized carbons (Fsp3) is 0.125. The van der Waals surface area contributed by atoms with Crippen LogP contribution in [0.2, 0.25) is 5.02 Å². The summed E-state index contributed by atoms with van der Waals surface area (Å²) in [6, 6.07) is 3.55. The van der Waals surface area contributed by atoms with E-state index in [1.165, 1.54) is 7.11 Å². The van der Waals surface area contributed by atoms with Gasteiger partial charge in [-0.3, -0.25) is 0 Å². The van der Waals surface area contributed by atoms with E-state index in [4.69, 9.17) is 22.1 Å². The van der Waals surface area contributed by atoms with Crippen LogP contribution in [0.25, 0.3) is 5.52 Å². The number of hydrogen-bond donors (Lipinski definition) is 1. The lowest BCUT2D eigenvalue weighted by Gasteiger charge is -1.94. The molecule has 0 aliphatic carbocycles. The van der Waals surface area contributed by atoms with E-state index in [2.05, 4.69) is 5.10 Å². The zero-order valence-electron chi connectivity index (χ0n) is 7.40. The second kappa shape index (κ2) is 3.94. The van der Waals surface area contributed by atoms with Crippen molar-refractivity contribution >= 4 is 35.2 Å². The maximum atomic E-state index is 5.94. The van der Waals surface area contributed by atoms with Gasteiger partial charge in [-0.25, -0.2) is 4.52 Å². The summed E-state index contributed by atoms with van der Waals surface area (Å²) in [5.41, 5.74) is 6.90. The van der Waals surface area contributed by atoms with Gasteiger partial charge < -0.3 is 10.5 Å². The van der Waals surface area contributed by atoms with Gasteiger partial charge >= 0.3 is 0 Å². The second-order valence-electron chi connectivity index (χ2n) is 2.57. The van der Waals surface area contributed by atoms with Gasteiger partial charge in [-0.1, -0.05) is 11.6 Å². The average molecular weight is 234 g/mol. The Labute approximate surface area is 92.0 Å². The summed E-state index contributed by atoms with van der Waals surface area (Å²) in [6.07, 6.45) is 1.76. The van der Waals surface area contributed by atoms with Crippen LogP contribution in [0.15, 0.2) is 18.3 Å². The molecular formula is C8H9Cl2N3O. The molecule has 2 N–H and O–H groups in total. The van der Waals surface area contributed by atoms with Gasteiger partial charge in [-0.15, -0.1) is 17.5 Å². The summed E-state index contributed by atoms with van der Waals surface area (Å²) < 4.78 is 6.56. The molecule has 4 nitrogen and oxygen atoms in total. The molecule has 2 rings (SSSR count). The average Bonchev–Trinajstić information content (AvgIpc) is 2.44. The fourth-order valence-electron chi connectivity index (χ4n) is 1.21. The first-order valence-electron chi connectivity index (χ1n) is 3.70. The molecule has 2 heterocycles. The van der Waals surface area contributed by atoms with Crippen LogP contribution < -0.4 is 10.5 Å². The number of rotatable bonds is 1. The minimum absolute atomic E-state index is 0. The molecule has 76 valence electrons. The molecule has 6 heteroatoms. The largest absolute Gasteiger partial charge is 0.478 e. The Morgan fingerprint density at radius 3 is 2.86 bits per heavy atom. The number of pyridine rings is 1. The van der Waals surface area contributed by atoms with Crippen molar-refractivity contribution in [1.82, 2.24) is 9.61 Å². The summed E-state index contributed by atoms with van der Waals surface area (Å²) in [4.78, 5) is 0. The molecule has 0 aliphatic heterocycles. The zero-order valence-corrected chi connectivity index (χ0v) is 8.97. The summed E-state index contributed by atoms with van der Waals surface area (Å²) in [5, 5.41) is 4.64. The van der Waals surface area contributed by atoms with E-state index in [-0.39, 0.29) is 12.4 Å². The number of methoxy groups -OCH3 is 1. The maximum absolute atomic E-state index is 5.94. The normalized spacial score (nSPS) is 9.86. The van der Waals surface area contributed by atoms with Gasteiger partial charge in [-0.05, 0) is 12.1 Å². The molecule has 0 bridgehead atoms. The molecule has 0 radical (unpaired) electrons. The molecule has 0 amide bonds. The first-order chi connectivity index (χ1) is 6.24. The van der Waals surface area contributed by atoms with Crippen molar-refractivity contribution in [1.29, 1.82) is 0 Å². The molecule has 0 fully saturated rings. The Morgan fingerprint density at radius 2 is 2.29 bits per heavy atom. The number of nitrogen functional groups attached to an aromatic ring is 1. The molecule has 0 atom stereocenters. The smallest absolute Gasteiger partial charge is 0.257 e. The Kier molecular flexibility index (Phi) is 3.08. The van der Waals surface area contributed by atoms with Gasteiger partial charge in [0.2, 0.25) is 0 Å². The third kappa shape index (κ3) is 1.47. The highest BCUT2D eigenvalue weighted by molar-refractivity contribution is 6.34. The van der Waals surface area contributed by atoms with Gasteiger partial charge in [0.25, 0.3) is 5.88 Å². The van der Waals surface area contributed by atoms with Crippen molar-refractivity contribution < 1.29 is 4.74 Å². The number of hydrogen-bond acceptors (Lipinski definition) is 3. The second-order valence-corrected chi connectivity index (χ2v) is 2.98. The van der Waals surface area contributed by atoms with E-state index < -0.39 is 0 Å². The number of ether oxygens (including phenoxy) is 1. The molecular weight excluding hydrogens is 225 g/mol. The quantitative estimate of drug-likeness (QED) is 0.820. The van der Waals surface area contributed by atoms with Crippen LogP contribution >= 0.6 is 24.0 Å². The van der Waals surface area contributed by atoms with Crippen LogP contribution in [-0.4, -0.2) is 16.7 Å². The molecule has 0 unspecified atom stereocenters. The topological polar surface area (TPSA) is 52.5 Å². The van der Waals surface area contributed by atoms with Crippen LogP contribution in [0, 0.1) is 0 Å². The lowest BCUT2D eigenvalue weighted by atomic mass is 10.3. The Balaban J connectivity index is 0.000000980. The molecule has 0 saturated carbocycles. The third-order valence-electron chi connectivity index (χ3n) is 1.80. The van der Waals surface area contributed by atoms with Crippen molar-refractivity contribution in [2.24, 2.45) is 0 Å². The maximum Gasteiger partial charge on any atom is 0.257 e. The number of halogens is 2. The fourth-order valence-corrected chi connectivity index (χ4v) is 1.47. The molecule has 2 aromatic rings. The van der Waals surface area contributed by atoms with Crippen molar-refractivity contribution in [2.45, 2.75) is 0 Å². The first kappa shape index (κ1) is 10.9. The molecule has 0 aromatic carbocycles. The van der Waals surface area contributed by atoms with Crippen LogP contribution in [0.4, 0.5) is 5.69 Å². The van der Waals surface area contributed by atoms with E-state index in [0.717, 1.165) is 0 Å². The van der Waals surface area contributed by atoms with Crippen molar-refractivity contribution in [3.05, 3.63) is 23.4 Å². The highest BCUT2D eigenvalue weighted by Crippen LogP contribution is 2.29. The van der Waals surface area contributed by atoms with E-state index in [1.807, 2.05) is 0 Å². The SMILES string of the molecule is COc1nn2cccc(Cl)c2c1N.Cl. The minimum Gasteiger partial charge on any atom is -0.478 e. The molecule has 2 aromatic heterocycles. The number of anilines is 1. The summed E-state index contributed by atoms with van der Waals surface area (Å²) in [6.45, 7) is 0. The van der Waals surface area contributed by atoms with Crippen molar-refractivity contribution in [3.8, 4) is 5.88 Å². The number of fused-ring (bicyclic) bond motifs is 1. The van der Waals surface area contributed by atoms with Gasteiger partial charge in [-0.2, -0.15) is 0 Å². The number of nitrogens with two attached hydrogens (primary N) is 1. The van der Waals surface area contributed by atoms with E-state index in [9.17, 15) is 0 Å². The van der Waals surface area contributed by atoms with Crippen LogP contribution in [0.1, 0.15) is 0 Å². The van der Waals surface area contributed by atoms with Crippen LogP contribution in [0.5, 0.6) is 5.88 Å². The molecule has 0 spiro atoms. The number of nitrogens with zero attached hydrogens (tertiary/aromatic N) is 2. The Bertz CT molecular complexity index is 455. The molecule has 0 saturated heterocycles. The van der Waals surface area contributed by atoms with Gasteiger partial charge in [0.05, 0.1) is 12.1 Å². The standard InChI is InChI=1S/C8H8ClN3O.ClH/c1-13-8-6(10)7-5(9)3-2-4-12(7)11-8;/h2-4H,10H2,1H3;1H. The van der Waals surface area contributed by atoms with E-state index in [0.29, 0.717) is 22.1 Å².